The summed E-state index contributed by atoms with van der Waals surface area (Å²) in [5, 5.41) is 2.94. The Labute approximate surface area is 246 Å². The van der Waals surface area contributed by atoms with Gasteiger partial charge in [-0.05, 0) is 42.7 Å². The van der Waals surface area contributed by atoms with Crippen molar-refractivity contribution in [3.05, 3.63) is 54.6 Å². The SMILES string of the molecule is CC.CC.COC(=O)CCCN(C)C(=O)CCN1CC2CC(OC(=O)Nc3ccccc3-c3ccccc3)CC2C1. The summed E-state index contributed by atoms with van der Waals surface area (Å²) in [7, 11) is 3.15. The molecule has 41 heavy (non-hydrogen) atoms. The second-order valence-corrected chi connectivity index (χ2v) is 10.1. The van der Waals surface area contributed by atoms with Crippen molar-refractivity contribution in [2.24, 2.45) is 11.8 Å². The lowest BCUT2D eigenvalue weighted by Crippen LogP contribution is -2.33. The van der Waals surface area contributed by atoms with Crippen molar-refractivity contribution in [3.63, 3.8) is 0 Å². The molecule has 8 nitrogen and oxygen atoms in total. The quantitative estimate of drug-likeness (QED) is 0.331. The normalized spacial score (nSPS) is 19.0. The third kappa shape index (κ3) is 10.5. The molecule has 1 aliphatic heterocycles. The number of para-hydroxylation sites is 1. The van der Waals surface area contributed by atoms with Gasteiger partial charge in [-0.25, -0.2) is 4.79 Å². The van der Waals surface area contributed by atoms with Gasteiger partial charge in [0.05, 0.1) is 12.8 Å². The van der Waals surface area contributed by atoms with Crippen LogP contribution in [0, 0.1) is 11.8 Å². The molecular formula is C33H49N3O5. The van der Waals surface area contributed by atoms with Gasteiger partial charge in [0.2, 0.25) is 5.91 Å². The minimum Gasteiger partial charge on any atom is -0.469 e. The molecule has 0 spiro atoms. The van der Waals surface area contributed by atoms with Crippen LogP contribution in [0.3, 0.4) is 0 Å². The number of carbonyl (C=O) groups is 3. The maximum Gasteiger partial charge on any atom is 0.411 e. The van der Waals surface area contributed by atoms with Crippen LogP contribution in [-0.2, 0) is 19.1 Å². The van der Waals surface area contributed by atoms with Crippen molar-refractivity contribution >= 4 is 23.7 Å². The number of ether oxygens (including phenoxy) is 2. The summed E-state index contributed by atoms with van der Waals surface area (Å²) in [6, 6.07) is 17.7. The van der Waals surface area contributed by atoms with Crippen molar-refractivity contribution in [1.29, 1.82) is 0 Å². The fraction of sp³-hybridized carbons (Fsp3) is 0.545. The fourth-order valence-electron chi connectivity index (χ4n) is 5.50. The van der Waals surface area contributed by atoms with Gasteiger partial charge in [-0.1, -0.05) is 76.2 Å². The number of esters is 1. The average Bonchev–Trinajstić information content (AvgIpc) is 3.56. The summed E-state index contributed by atoms with van der Waals surface area (Å²) >= 11 is 0. The van der Waals surface area contributed by atoms with Crippen LogP contribution in [0.15, 0.2) is 54.6 Å². The molecule has 2 fully saturated rings. The lowest BCUT2D eigenvalue weighted by atomic mass is 10.0. The van der Waals surface area contributed by atoms with Crippen LogP contribution in [0.2, 0.25) is 0 Å². The number of methoxy groups -OCH3 is 1. The number of anilines is 1. The Morgan fingerprint density at radius 3 is 2.15 bits per heavy atom. The molecule has 226 valence electrons. The molecule has 0 bridgehead atoms. The van der Waals surface area contributed by atoms with Crippen LogP contribution in [-0.4, -0.2) is 74.2 Å². The van der Waals surface area contributed by atoms with E-state index in [1.807, 2.05) is 82.3 Å². The number of amides is 2. The summed E-state index contributed by atoms with van der Waals surface area (Å²) in [6.45, 7) is 11.1. The first kappa shape index (κ1) is 33.8. The summed E-state index contributed by atoms with van der Waals surface area (Å²) in [5.74, 6) is 0.821. The van der Waals surface area contributed by atoms with Crippen LogP contribution < -0.4 is 5.32 Å². The van der Waals surface area contributed by atoms with E-state index in [2.05, 4.69) is 15.0 Å². The molecule has 2 aromatic carbocycles. The lowest BCUT2D eigenvalue weighted by Gasteiger charge is -2.21. The number of rotatable bonds is 10. The number of nitrogens with zero attached hydrogens (tertiary/aromatic N) is 2. The van der Waals surface area contributed by atoms with E-state index in [-0.39, 0.29) is 18.0 Å². The van der Waals surface area contributed by atoms with Gasteiger partial charge < -0.3 is 19.3 Å². The first-order valence-corrected chi connectivity index (χ1v) is 15.1. The minimum absolute atomic E-state index is 0.0800. The molecule has 2 amide bonds. The van der Waals surface area contributed by atoms with Crippen molar-refractivity contribution in [1.82, 2.24) is 9.80 Å². The third-order valence-electron chi connectivity index (χ3n) is 7.48. The van der Waals surface area contributed by atoms with Crippen LogP contribution in [0.1, 0.15) is 59.8 Å². The predicted molar refractivity (Wildman–Crippen MR) is 165 cm³/mol. The van der Waals surface area contributed by atoms with E-state index in [4.69, 9.17) is 4.74 Å². The van der Waals surface area contributed by atoms with Gasteiger partial charge >= 0.3 is 12.1 Å². The van der Waals surface area contributed by atoms with Crippen LogP contribution in [0.5, 0.6) is 0 Å². The summed E-state index contributed by atoms with van der Waals surface area (Å²) in [6.07, 6.45) is 2.62. The second-order valence-electron chi connectivity index (χ2n) is 10.1. The molecule has 1 N–H and O–H groups in total. The Kier molecular flexibility index (Phi) is 14.9. The molecular weight excluding hydrogens is 518 g/mol. The molecule has 1 heterocycles. The average molecular weight is 568 g/mol. The Balaban J connectivity index is 0.00000141. The molecule has 1 aliphatic carbocycles. The summed E-state index contributed by atoms with van der Waals surface area (Å²) in [4.78, 5) is 40.4. The van der Waals surface area contributed by atoms with Crippen LogP contribution in [0.25, 0.3) is 11.1 Å². The van der Waals surface area contributed by atoms with Crippen molar-refractivity contribution in [2.45, 2.75) is 65.9 Å². The first-order chi connectivity index (χ1) is 19.9. The molecule has 8 heteroatoms. The fourth-order valence-corrected chi connectivity index (χ4v) is 5.50. The molecule has 1 saturated heterocycles. The van der Waals surface area contributed by atoms with Gasteiger partial charge in [0.25, 0.3) is 0 Å². The van der Waals surface area contributed by atoms with Crippen molar-refractivity contribution < 1.29 is 23.9 Å². The number of benzene rings is 2. The van der Waals surface area contributed by atoms with E-state index < -0.39 is 6.09 Å². The molecule has 1 saturated carbocycles. The number of fused-ring (bicyclic) bond motifs is 1. The van der Waals surface area contributed by atoms with Gasteiger partial charge in [-0.15, -0.1) is 0 Å². The maximum atomic E-state index is 12.7. The van der Waals surface area contributed by atoms with Gasteiger partial charge in [0.15, 0.2) is 0 Å². The zero-order valence-electron chi connectivity index (χ0n) is 25.7. The molecule has 2 unspecified atom stereocenters. The third-order valence-corrected chi connectivity index (χ3v) is 7.48. The number of hydrogen-bond donors (Lipinski definition) is 1. The lowest BCUT2D eigenvalue weighted by molar-refractivity contribution is -0.141. The number of nitrogens with one attached hydrogen (secondary N) is 1. The molecule has 2 aliphatic rings. The van der Waals surface area contributed by atoms with Crippen LogP contribution in [0.4, 0.5) is 10.5 Å². The largest absolute Gasteiger partial charge is 0.469 e. The van der Waals surface area contributed by atoms with Gasteiger partial charge in [-0.3, -0.25) is 14.9 Å². The van der Waals surface area contributed by atoms with Gasteiger partial charge in [-0.2, -0.15) is 0 Å². The molecule has 4 rings (SSSR count). The Hall–Kier alpha value is -3.39. The highest BCUT2D eigenvalue weighted by atomic mass is 16.6. The maximum absolute atomic E-state index is 12.7. The highest BCUT2D eigenvalue weighted by molar-refractivity contribution is 5.91. The van der Waals surface area contributed by atoms with Crippen molar-refractivity contribution in [3.8, 4) is 11.1 Å². The standard InChI is InChI=1S/C29H37N3O5.2C2H6/c1-31(15-8-13-28(34)36-2)27(33)14-16-32-19-22-17-24(18-23(22)20-32)37-29(35)30-26-12-7-6-11-25(26)21-9-4-3-5-10-21;2*1-2/h3-7,9-12,22-24H,8,13-20H2,1-2H3,(H,30,35);2*1-2H3. The summed E-state index contributed by atoms with van der Waals surface area (Å²) < 4.78 is 10.4. The molecule has 2 aromatic rings. The highest BCUT2D eigenvalue weighted by Gasteiger charge is 2.42. The van der Waals surface area contributed by atoms with E-state index in [9.17, 15) is 14.4 Å². The zero-order valence-corrected chi connectivity index (χ0v) is 25.7. The minimum atomic E-state index is -0.411. The highest BCUT2D eigenvalue weighted by Crippen LogP contribution is 2.39. The molecule has 0 radical (unpaired) electrons. The van der Waals surface area contributed by atoms with Crippen molar-refractivity contribution in [2.75, 3.05) is 45.7 Å². The number of likely N-dealkylation sites (tertiary alicyclic amines) is 1. The Morgan fingerprint density at radius 2 is 1.51 bits per heavy atom. The number of carbonyl (C=O) groups excluding carboxylic acids is 3. The predicted octanol–water partition coefficient (Wildman–Crippen LogP) is 6.47. The topological polar surface area (TPSA) is 88.2 Å². The van der Waals surface area contributed by atoms with E-state index >= 15 is 0 Å². The summed E-state index contributed by atoms with van der Waals surface area (Å²) in [5.41, 5.74) is 2.74. The second kappa shape index (κ2) is 18.1. The smallest absolute Gasteiger partial charge is 0.411 e. The monoisotopic (exact) mass is 567 g/mol. The van der Waals surface area contributed by atoms with E-state index in [0.29, 0.717) is 37.6 Å². The van der Waals surface area contributed by atoms with E-state index in [1.54, 1.807) is 11.9 Å². The van der Waals surface area contributed by atoms with E-state index in [0.717, 1.165) is 49.3 Å². The van der Waals surface area contributed by atoms with Gasteiger partial charge in [0, 0.05) is 51.6 Å². The Bertz CT molecular complexity index is 1060. The Morgan fingerprint density at radius 1 is 0.902 bits per heavy atom. The van der Waals surface area contributed by atoms with Crippen LogP contribution >= 0.6 is 0 Å². The number of hydrogen-bond acceptors (Lipinski definition) is 6. The first-order valence-electron chi connectivity index (χ1n) is 15.1. The molecule has 2 atom stereocenters. The van der Waals surface area contributed by atoms with E-state index in [1.165, 1.54) is 7.11 Å². The molecule has 0 aromatic heterocycles. The zero-order chi connectivity index (χ0) is 30.2. The van der Waals surface area contributed by atoms with Gasteiger partial charge in [0.1, 0.15) is 6.10 Å².